The Kier molecular flexibility index (Phi) is 4.69. The summed E-state index contributed by atoms with van der Waals surface area (Å²) in [5.74, 6) is 0. The molecule has 0 bridgehead atoms. The number of hydrogen-bond acceptors (Lipinski definition) is 3. The van der Waals surface area contributed by atoms with Gasteiger partial charge in [0.2, 0.25) is 0 Å². The number of nitrogens with zero attached hydrogens (tertiary/aromatic N) is 1. The summed E-state index contributed by atoms with van der Waals surface area (Å²) >= 11 is 2.18. The van der Waals surface area contributed by atoms with Crippen molar-refractivity contribution in [3.05, 3.63) is 64.2 Å². The molecule has 3 aromatic rings. The van der Waals surface area contributed by atoms with Gasteiger partial charge in [0.25, 0.3) is 10.0 Å². The Bertz CT molecular complexity index is 984. The third kappa shape index (κ3) is 3.34. The van der Waals surface area contributed by atoms with Crippen LogP contribution in [0.3, 0.4) is 0 Å². The van der Waals surface area contributed by atoms with E-state index in [1.165, 1.54) is 0 Å². The molecule has 24 heavy (non-hydrogen) atoms. The van der Waals surface area contributed by atoms with Crippen molar-refractivity contribution in [2.24, 2.45) is 0 Å². The van der Waals surface area contributed by atoms with Crippen molar-refractivity contribution < 1.29 is 8.42 Å². The van der Waals surface area contributed by atoms with Crippen LogP contribution in [0.4, 0.5) is 11.4 Å². The quantitative estimate of drug-likeness (QED) is 0.601. The monoisotopic (exact) mass is 452 g/mol. The molecule has 124 valence electrons. The Morgan fingerprint density at radius 3 is 2.17 bits per heavy atom. The second-order valence-corrected chi connectivity index (χ2v) is 8.53. The van der Waals surface area contributed by atoms with Gasteiger partial charge in [-0.2, -0.15) is 0 Å². The summed E-state index contributed by atoms with van der Waals surface area (Å²) in [7, 11) is 0.222. The zero-order valence-corrected chi connectivity index (χ0v) is 16.3. The molecule has 0 spiro atoms. The normalized spacial score (nSPS) is 11.5. The Morgan fingerprint density at radius 1 is 0.875 bits per heavy atom. The highest BCUT2D eigenvalue weighted by Gasteiger charge is 2.18. The van der Waals surface area contributed by atoms with Crippen LogP contribution in [0.25, 0.3) is 10.8 Å². The lowest BCUT2D eigenvalue weighted by Gasteiger charge is -2.17. The second kappa shape index (κ2) is 6.60. The van der Waals surface area contributed by atoms with E-state index in [9.17, 15) is 8.42 Å². The van der Waals surface area contributed by atoms with Gasteiger partial charge in [-0.25, -0.2) is 8.42 Å². The van der Waals surface area contributed by atoms with E-state index in [-0.39, 0.29) is 4.90 Å². The topological polar surface area (TPSA) is 49.4 Å². The van der Waals surface area contributed by atoms with Crippen molar-refractivity contribution in [3.63, 3.8) is 0 Å². The number of sulfonamides is 1. The molecule has 0 atom stereocenters. The summed E-state index contributed by atoms with van der Waals surface area (Å²) in [4.78, 5) is 2.26. The largest absolute Gasteiger partial charge is 0.377 e. The molecule has 0 fully saturated rings. The first-order valence-corrected chi connectivity index (χ1v) is 9.92. The standard InChI is InChI=1S/C18H17IN2O2S/c1-21(2)17-7-3-6-16-15(17)5-4-8-18(16)24(22,23)20-14-11-9-13(19)10-12-14/h3-12,20H,1-2H3. The van der Waals surface area contributed by atoms with Crippen LogP contribution < -0.4 is 9.62 Å². The minimum Gasteiger partial charge on any atom is -0.377 e. The molecule has 0 aliphatic heterocycles. The van der Waals surface area contributed by atoms with Crippen LogP contribution in [0.15, 0.2) is 65.6 Å². The van der Waals surface area contributed by atoms with Crippen LogP contribution >= 0.6 is 22.6 Å². The first kappa shape index (κ1) is 17.0. The molecule has 0 aromatic heterocycles. The van der Waals surface area contributed by atoms with Crippen LogP contribution in [0.2, 0.25) is 0 Å². The first-order valence-electron chi connectivity index (χ1n) is 7.36. The Morgan fingerprint density at radius 2 is 1.50 bits per heavy atom. The summed E-state index contributed by atoms with van der Waals surface area (Å²) in [5.41, 5.74) is 1.54. The molecule has 0 aliphatic rings. The molecule has 0 saturated heterocycles. The predicted molar refractivity (Wildman–Crippen MR) is 108 cm³/mol. The van der Waals surface area contributed by atoms with Gasteiger partial charge in [0.15, 0.2) is 0 Å². The highest BCUT2D eigenvalue weighted by atomic mass is 127. The molecule has 6 heteroatoms. The molecule has 0 heterocycles. The van der Waals surface area contributed by atoms with E-state index in [1.54, 1.807) is 24.3 Å². The molecule has 3 rings (SSSR count). The van der Waals surface area contributed by atoms with Crippen molar-refractivity contribution in [2.45, 2.75) is 4.90 Å². The lowest BCUT2D eigenvalue weighted by molar-refractivity contribution is 0.602. The summed E-state index contributed by atoms with van der Waals surface area (Å²) in [6.45, 7) is 0. The van der Waals surface area contributed by atoms with Crippen LogP contribution in [0.1, 0.15) is 0 Å². The molecule has 0 radical (unpaired) electrons. The van der Waals surface area contributed by atoms with Gasteiger partial charge in [0.1, 0.15) is 0 Å². The SMILES string of the molecule is CN(C)c1cccc2c(S(=O)(=O)Nc3ccc(I)cc3)cccc12. The minimum absolute atomic E-state index is 0.280. The zero-order valence-electron chi connectivity index (χ0n) is 13.3. The van der Waals surface area contributed by atoms with Crippen molar-refractivity contribution in [1.82, 2.24) is 0 Å². The van der Waals surface area contributed by atoms with Gasteiger partial charge < -0.3 is 4.90 Å². The molecule has 0 aliphatic carbocycles. The number of fused-ring (bicyclic) bond motifs is 1. The van der Waals surface area contributed by atoms with Crippen molar-refractivity contribution >= 4 is 54.8 Å². The fourth-order valence-electron chi connectivity index (χ4n) is 2.62. The summed E-state index contributed by atoms with van der Waals surface area (Å²) in [5, 5.41) is 1.62. The van der Waals surface area contributed by atoms with Gasteiger partial charge in [0.05, 0.1) is 4.90 Å². The number of hydrogen-bond donors (Lipinski definition) is 1. The van der Waals surface area contributed by atoms with E-state index in [0.29, 0.717) is 11.1 Å². The summed E-state index contributed by atoms with van der Waals surface area (Å²) < 4.78 is 29.4. The Labute approximate surface area is 155 Å². The average Bonchev–Trinajstić information content (AvgIpc) is 2.55. The van der Waals surface area contributed by atoms with E-state index >= 15 is 0 Å². The maximum Gasteiger partial charge on any atom is 0.262 e. The van der Waals surface area contributed by atoms with Gasteiger partial charge in [-0.15, -0.1) is 0 Å². The molecule has 0 unspecified atom stereocenters. The van der Waals surface area contributed by atoms with E-state index in [1.807, 2.05) is 55.4 Å². The fraction of sp³-hybridized carbons (Fsp3) is 0.111. The fourth-order valence-corrected chi connectivity index (χ4v) is 4.26. The maximum atomic E-state index is 12.9. The smallest absolute Gasteiger partial charge is 0.262 e. The van der Waals surface area contributed by atoms with Crippen molar-refractivity contribution in [1.29, 1.82) is 0 Å². The summed E-state index contributed by atoms with van der Waals surface area (Å²) in [6.07, 6.45) is 0. The van der Waals surface area contributed by atoms with Gasteiger partial charge in [-0.05, 0) is 59.0 Å². The van der Waals surface area contributed by atoms with Gasteiger partial charge in [-0.1, -0.05) is 24.3 Å². The van der Waals surface area contributed by atoms with Crippen LogP contribution in [-0.4, -0.2) is 22.5 Å². The van der Waals surface area contributed by atoms with E-state index in [4.69, 9.17) is 0 Å². The van der Waals surface area contributed by atoms with Gasteiger partial charge in [-0.3, -0.25) is 4.72 Å². The maximum absolute atomic E-state index is 12.9. The van der Waals surface area contributed by atoms with Gasteiger partial charge >= 0.3 is 0 Å². The Hall–Kier alpha value is -1.80. The van der Waals surface area contributed by atoms with E-state index < -0.39 is 10.0 Å². The van der Waals surface area contributed by atoms with Crippen LogP contribution in [0, 0.1) is 3.57 Å². The Balaban J connectivity index is 2.11. The number of nitrogens with one attached hydrogen (secondary N) is 1. The third-order valence-corrected chi connectivity index (χ3v) is 5.89. The lowest BCUT2D eigenvalue weighted by atomic mass is 10.1. The lowest BCUT2D eigenvalue weighted by Crippen LogP contribution is -2.14. The van der Waals surface area contributed by atoms with Gasteiger partial charge in [0, 0.05) is 39.8 Å². The number of benzene rings is 3. The second-order valence-electron chi connectivity index (χ2n) is 5.64. The first-order chi connectivity index (χ1) is 11.4. The highest BCUT2D eigenvalue weighted by molar-refractivity contribution is 14.1. The van der Waals surface area contributed by atoms with Crippen LogP contribution in [0.5, 0.6) is 0 Å². The van der Waals surface area contributed by atoms with Crippen LogP contribution in [-0.2, 0) is 10.0 Å². The number of halogens is 1. The van der Waals surface area contributed by atoms with Crippen molar-refractivity contribution in [2.75, 3.05) is 23.7 Å². The third-order valence-electron chi connectivity index (χ3n) is 3.73. The van der Waals surface area contributed by atoms with E-state index in [2.05, 4.69) is 27.3 Å². The molecule has 0 saturated carbocycles. The number of anilines is 2. The summed E-state index contributed by atoms with van der Waals surface area (Å²) in [6, 6.07) is 18.3. The zero-order chi connectivity index (χ0) is 17.3. The molecule has 1 N–H and O–H groups in total. The van der Waals surface area contributed by atoms with Crippen molar-refractivity contribution in [3.8, 4) is 0 Å². The highest BCUT2D eigenvalue weighted by Crippen LogP contribution is 2.31. The molecule has 4 nitrogen and oxygen atoms in total. The predicted octanol–water partition coefficient (Wildman–Crippen LogP) is 4.31. The molecule has 3 aromatic carbocycles. The molecular weight excluding hydrogens is 435 g/mol. The minimum atomic E-state index is -3.67. The molecular formula is C18H17IN2O2S. The average molecular weight is 452 g/mol. The number of rotatable bonds is 4. The van der Waals surface area contributed by atoms with E-state index in [0.717, 1.165) is 14.6 Å². The molecule has 0 amide bonds.